The van der Waals surface area contributed by atoms with Gasteiger partial charge in [-0.05, 0) is 36.4 Å². The van der Waals surface area contributed by atoms with Crippen molar-refractivity contribution < 1.29 is 14.1 Å². The fourth-order valence-corrected chi connectivity index (χ4v) is 2.27. The molecule has 3 aromatic rings. The summed E-state index contributed by atoms with van der Waals surface area (Å²) in [6, 6.07) is 11.7. The van der Waals surface area contributed by atoms with E-state index in [1.165, 1.54) is 12.1 Å². The van der Waals surface area contributed by atoms with E-state index in [4.69, 9.17) is 20.8 Å². The lowest BCUT2D eigenvalue weighted by Crippen LogP contribution is -1.89. The second kappa shape index (κ2) is 6.10. The van der Waals surface area contributed by atoms with Crippen LogP contribution in [0.25, 0.3) is 22.8 Å². The second-order valence-corrected chi connectivity index (χ2v) is 5.09. The number of halogens is 1. The minimum atomic E-state index is -0.543. The Morgan fingerprint density at radius 1 is 1.17 bits per heavy atom. The van der Waals surface area contributed by atoms with E-state index in [-0.39, 0.29) is 16.6 Å². The van der Waals surface area contributed by atoms with E-state index in [0.29, 0.717) is 11.3 Å². The van der Waals surface area contributed by atoms with Crippen molar-refractivity contribution in [2.24, 2.45) is 0 Å². The molecule has 0 aliphatic carbocycles. The van der Waals surface area contributed by atoms with Gasteiger partial charge in [-0.3, -0.25) is 10.1 Å². The van der Waals surface area contributed by atoms with Crippen LogP contribution in [-0.2, 0) is 0 Å². The Morgan fingerprint density at radius 2 is 1.87 bits per heavy atom. The molecule has 0 saturated heterocycles. The SMILES string of the molecule is COc1ccc(-c2cnc(-c3ccc(Cl)c([N+](=O)[O-])c3)o2)cc1. The standard InChI is InChI=1S/C16H11ClN2O4/c1-22-12-5-2-10(3-6-12)15-9-18-16(23-15)11-4-7-13(17)14(8-11)19(20)21/h2-9H,1H3. The van der Waals surface area contributed by atoms with Crippen molar-refractivity contribution in [3.8, 4) is 28.5 Å². The van der Waals surface area contributed by atoms with Crippen LogP contribution >= 0.6 is 11.6 Å². The maximum atomic E-state index is 11.0. The van der Waals surface area contributed by atoms with Crippen molar-refractivity contribution in [1.29, 1.82) is 0 Å². The number of benzene rings is 2. The summed E-state index contributed by atoms with van der Waals surface area (Å²) in [4.78, 5) is 14.6. The molecule has 0 bridgehead atoms. The number of nitro groups is 1. The average molecular weight is 331 g/mol. The predicted molar refractivity (Wildman–Crippen MR) is 85.6 cm³/mol. The first-order valence-corrected chi connectivity index (χ1v) is 7.01. The number of rotatable bonds is 4. The van der Waals surface area contributed by atoms with Crippen LogP contribution in [0, 0.1) is 10.1 Å². The normalized spacial score (nSPS) is 10.5. The molecule has 3 rings (SSSR count). The molecule has 0 saturated carbocycles. The van der Waals surface area contributed by atoms with Crippen molar-refractivity contribution in [3.05, 3.63) is 63.8 Å². The van der Waals surface area contributed by atoms with Crippen molar-refractivity contribution >= 4 is 17.3 Å². The van der Waals surface area contributed by atoms with E-state index in [0.717, 1.165) is 11.3 Å². The van der Waals surface area contributed by atoms with Crippen molar-refractivity contribution in [3.63, 3.8) is 0 Å². The fourth-order valence-electron chi connectivity index (χ4n) is 2.08. The lowest BCUT2D eigenvalue weighted by molar-refractivity contribution is -0.384. The van der Waals surface area contributed by atoms with Gasteiger partial charge in [0.25, 0.3) is 5.69 Å². The molecular formula is C16H11ClN2O4. The summed E-state index contributed by atoms with van der Waals surface area (Å²) in [5.41, 5.74) is 1.13. The summed E-state index contributed by atoms with van der Waals surface area (Å²) in [5.74, 6) is 1.58. The first-order chi connectivity index (χ1) is 11.1. The molecule has 23 heavy (non-hydrogen) atoms. The Hall–Kier alpha value is -2.86. The zero-order chi connectivity index (χ0) is 16.4. The molecule has 0 aliphatic heterocycles. The Morgan fingerprint density at radius 3 is 2.52 bits per heavy atom. The summed E-state index contributed by atoms with van der Waals surface area (Å²) < 4.78 is 10.8. The van der Waals surface area contributed by atoms with Gasteiger partial charge in [-0.15, -0.1) is 0 Å². The van der Waals surface area contributed by atoms with E-state index in [9.17, 15) is 10.1 Å². The molecule has 0 atom stereocenters. The second-order valence-electron chi connectivity index (χ2n) is 4.68. The molecule has 1 aromatic heterocycles. The molecule has 6 nitrogen and oxygen atoms in total. The maximum Gasteiger partial charge on any atom is 0.288 e. The Kier molecular flexibility index (Phi) is 3.99. The van der Waals surface area contributed by atoms with Gasteiger partial charge < -0.3 is 9.15 Å². The van der Waals surface area contributed by atoms with Crippen LogP contribution < -0.4 is 4.74 Å². The van der Waals surface area contributed by atoms with Crippen LogP contribution in [0.2, 0.25) is 5.02 Å². The average Bonchev–Trinajstić information content (AvgIpc) is 3.05. The number of hydrogen-bond acceptors (Lipinski definition) is 5. The molecule has 0 radical (unpaired) electrons. The molecule has 0 N–H and O–H groups in total. The van der Waals surface area contributed by atoms with Gasteiger partial charge in [0.05, 0.1) is 18.2 Å². The van der Waals surface area contributed by atoms with E-state index in [1.807, 2.05) is 24.3 Å². The topological polar surface area (TPSA) is 78.4 Å². The number of aromatic nitrogens is 1. The molecule has 0 fully saturated rings. The molecule has 116 valence electrons. The van der Waals surface area contributed by atoms with Crippen LogP contribution in [0.1, 0.15) is 0 Å². The smallest absolute Gasteiger partial charge is 0.288 e. The molecule has 0 amide bonds. The monoisotopic (exact) mass is 330 g/mol. The predicted octanol–water partition coefficient (Wildman–Crippen LogP) is 4.58. The molecule has 0 spiro atoms. The highest BCUT2D eigenvalue weighted by atomic mass is 35.5. The van der Waals surface area contributed by atoms with Crippen LogP contribution in [0.5, 0.6) is 5.75 Å². The van der Waals surface area contributed by atoms with Gasteiger partial charge in [-0.1, -0.05) is 11.6 Å². The number of methoxy groups -OCH3 is 1. The first-order valence-electron chi connectivity index (χ1n) is 6.63. The van der Waals surface area contributed by atoms with Gasteiger partial charge in [0.2, 0.25) is 5.89 Å². The van der Waals surface area contributed by atoms with Crippen LogP contribution in [0.3, 0.4) is 0 Å². The zero-order valence-electron chi connectivity index (χ0n) is 12.0. The van der Waals surface area contributed by atoms with E-state index in [2.05, 4.69) is 4.98 Å². The quantitative estimate of drug-likeness (QED) is 0.517. The number of ether oxygens (including phenoxy) is 1. The number of nitrogens with zero attached hydrogens (tertiary/aromatic N) is 2. The minimum absolute atomic E-state index is 0.0701. The van der Waals surface area contributed by atoms with Gasteiger partial charge in [-0.2, -0.15) is 0 Å². The summed E-state index contributed by atoms with van der Waals surface area (Å²) in [7, 11) is 1.59. The van der Waals surface area contributed by atoms with E-state index < -0.39 is 4.92 Å². The molecule has 1 heterocycles. The largest absolute Gasteiger partial charge is 0.497 e. The third-order valence-electron chi connectivity index (χ3n) is 3.27. The fraction of sp³-hybridized carbons (Fsp3) is 0.0625. The van der Waals surface area contributed by atoms with Crippen molar-refractivity contribution in [2.75, 3.05) is 7.11 Å². The first kappa shape index (κ1) is 15.1. The molecule has 2 aromatic carbocycles. The summed E-state index contributed by atoms with van der Waals surface area (Å²) in [5, 5.41) is 11.0. The Labute approximate surface area is 136 Å². The number of oxazole rings is 1. The van der Waals surface area contributed by atoms with Crippen LogP contribution in [0.15, 0.2) is 53.1 Å². The number of nitro benzene ring substituents is 1. The van der Waals surface area contributed by atoms with Crippen molar-refractivity contribution in [2.45, 2.75) is 0 Å². The Balaban J connectivity index is 1.95. The summed E-state index contributed by atoms with van der Waals surface area (Å²) in [6.07, 6.45) is 1.57. The van der Waals surface area contributed by atoms with Crippen molar-refractivity contribution in [1.82, 2.24) is 4.98 Å². The van der Waals surface area contributed by atoms with Gasteiger partial charge in [-0.25, -0.2) is 4.98 Å². The minimum Gasteiger partial charge on any atom is -0.497 e. The Bertz CT molecular complexity index is 859. The summed E-state index contributed by atoms with van der Waals surface area (Å²) >= 11 is 5.80. The number of hydrogen-bond donors (Lipinski definition) is 0. The maximum absolute atomic E-state index is 11.0. The summed E-state index contributed by atoms with van der Waals surface area (Å²) in [6.45, 7) is 0. The zero-order valence-corrected chi connectivity index (χ0v) is 12.8. The molecule has 0 unspecified atom stereocenters. The highest BCUT2D eigenvalue weighted by Gasteiger charge is 2.16. The lowest BCUT2D eigenvalue weighted by Gasteiger charge is -2.01. The highest BCUT2D eigenvalue weighted by molar-refractivity contribution is 6.32. The van der Waals surface area contributed by atoms with Gasteiger partial charge in [0.15, 0.2) is 5.76 Å². The molecule has 0 aliphatic rings. The lowest BCUT2D eigenvalue weighted by atomic mass is 10.2. The van der Waals surface area contributed by atoms with Crippen LogP contribution in [0.4, 0.5) is 5.69 Å². The highest BCUT2D eigenvalue weighted by Crippen LogP contribution is 2.32. The third-order valence-corrected chi connectivity index (χ3v) is 3.59. The van der Waals surface area contributed by atoms with Gasteiger partial charge in [0, 0.05) is 17.2 Å². The van der Waals surface area contributed by atoms with Gasteiger partial charge >= 0.3 is 0 Å². The molecule has 7 heteroatoms. The van der Waals surface area contributed by atoms with Crippen LogP contribution in [-0.4, -0.2) is 17.0 Å². The third kappa shape index (κ3) is 3.02. The van der Waals surface area contributed by atoms with E-state index in [1.54, 1.807) is 19.4 Å². The van der Waals surface area contributed by atoms with Gasteiger partial charge in [0.1, 0.15) is 10.8 Å². The van der Waals surface area contributed by atoms with E-state index >= 15 is 0 Å². The molecular weight excluding hydrogens is 320 g/mol.